The molecule has 3 heterocycles. The minimum Gasteiger partial charge on any atom is -0.462 e. The molecule has 0 spiro atoms. The van der Waals surface area contributed by atoms with Crippen LogP contribution < -0.4 is 0 Å². The van der Waals surface area contributed by atoms with E-state index in [1.165, 1.54) is 20.6 Å². The van der Waals surface area contributed by atoms with Gasteiger partial charge in [-0.25, -0.2) is 13.2 Å². The zero-order chi connectivity index (χ0) is 19.9. The molecule has 0 N–H and O–H groups in total. The van der Waals surface area contributed by atoms with E-state index in [1.54, 1.807) is 37.4 Å². The lowest BCUT2D eigenvalue weighted by atomic mass is 10.1. The molecule has 2 aliphatic rings. The van der Waals surface area contributed by atoms with Crippen LogP contribution in [0.3, 0.4) is 0 Å². The Kier molecular flexibility index (Phi) is 5.07. The largest absolute Gasteiger partial charge is 0.462 e. The summed E-state index contributed by atoms with van der Waals surface area (Å²) >= 11 is 1.31. The molecule has 0 amide bonds. The number of rotatable bonds is 5. The Labute approximate surface area is 167 Å². The van der Waals surface area contributed by atoms with Gasteiger partial charge < -0.3 is 4.74 Å². The van der Waals surface area contributed by atoms with Crippen molar-refractivity contribution in [3.05, 3.63) is 36.0 Å². The van der Waals surface area contributed by atoms with Crippen LogP contribution in [0.2, 0.25) is 0 Å². The molecule has 0 atom stereocenters. The summed E-state index contributed by atoms with van der Waals surface area (Å²) in [7, 11) is -3.50. The molecule has 4 rings (SSSR count). The van der Waals surface area contributed by atoms with Crippen molar-refractivity contribution in [1.29, 1.82) is 0 Å². The average Bonchev–Trinajstić information content (AvgIpc) is 3.40. The first-order valence-electron chi connectivity index (χ1n) is 9.12. The molecule has 2 aromatic rings. The quantitative estimate of drug-likeness (QED) is 0.692. The zero-order valence-corrected chi connectivity index (χ0v) is 17.0. The van der Waals surface area contributed by atoms with Gasteiger partial charge in [0.1, 0.15) is 0 Å². The summed E-state index contributed by atoms with van der Waals surface area (Å²) in [4.78, 5) is 24.8. The van der Waals surface area contributed by atoms with E-state index in [0.717, 1.165) is 12.8 Å². The number of sulfonamides is 1. The molecule has 148 valence electrons. The van der Waals surface area contributed by atoms with Gasteiger partial charge in [-0.2, -0.15) is 4.31 Å². The second-order valence-electron chi connectivity index (χ2n) is 6.63. The van der Waals surface area contributed by atoms with Gasteiger partial charge in [-0.15, -0.1) is 0 Å². The van der Waals surface area contributed by atoms with Crippen LogP contribution in [-0.2, 0) is 14.8 Å². The molecule has 0 saturated carbocycles. The molecule has 0 radical (unpaired) electrons. The van der Waals surface area contributed by atoms with Crippen molar-refractivity contribution in [3.63, 3.8) is 0 Å². The Bertz CT molecular complexity index is 1040. The Morgan fingerprint density at radius 3 is 2.50 bits per heavy atom. The smallest absolute Gasteiger partial charge is 0.341 e. The maximum Gasteiger partial charge on any atom is 0.341 e. The molecule has 0 aliphatic carbocycles. The van der Waals surface area contributed by atoms with Crippen LogP contribution in [0.4, 0.5) is 0 Å². The summed E-state index contributed by atoms with van der Waals surface area (Å²) < 4.78 is 33.5. The second-order valence-corrected chi connectivity index (χ2v) is 9.53. The first kappa shape index (κ1) is 19.2. The monoisotopic (exact) mass is 420 g/mol. The molecule has 1 saturated heterocycles. The lowest BCUT2D eigenvalue weighted by Crippen LogP contribution is -2.27. The van der Waals surface area contributed by atoms with E-state index < -0.39 is 16.0 Å². The van der Waals surface area contributed by atoms with Crippen molar-refractivity contribution in [3.8, 4) is 11.1 Å². The van der Waals surface area contributed by atoms with Crippen molar-refractivity contribution >= 4 is 33.7 Å². The van der Waals surface area contributed by atoms with Crippen LogP contribution in [0.5, 0.6) is 0 Å². The molecule has 1 aromatic heterocycles. The number of hydrogen-bond donors (Lipinski definition) is 0. The normalized spacial score (nSPS) is 17.1. The fraction of sp³-hybridized carbons (Fsp3) is 0.368. The Morgan fingerprint density at radius 1 is 1.18 bits per heavy atom. The molecule has 28 heavy (non-hydrogen) atoms. The van der Waals surface area contributed by atoms with Crippen LogP contribution in [-0.4, -0.2) is 54.6 Å². The number of fused-ring (bicyclic) bond motifs is 1. The van der Waals surface area contributed by atoms with E-state index in [4.69, 9.17) is 4.74 Å². The van der Waals surface area contributed by atoms with Crippen molar-refractivity contribution in [1.82, 2.24) is 8.87 Å². The van der Waals surface area contributed by atoms with Gasteiger partial charge in [0, 0.05) is 24.8 Å². The van der Waals surface area contributed by atoms with Crippen LogP contribution in [0.1, 0.15) is 34.9 Å². The summed E-state index contributed by atoms with van der Waals surface area (Å²) in [5.41, 5.74) is 1.59. The molecular weight excluding hydrogens is 400 g/mol. The number of thioether (sulfide) groups is 1. The highest BCUT2D eigenvalue weighted by atomic mass is 32.2. The predicted octanol–water partition coefficient (Wildman–Crippen LogP) is 2.86. The highest BCUT2D eigenvalue weighted by Crippen LogP contribution is 2.38. The lowest BCUT2D eigenvalue weighted by Gasteiger charge is -2.15. The number of carbonyl (C=O) groups is 2. The van der Waals surface area contributed by atoms with E-state index >= 15 is 0 Å². The average molecular weight is 421 g/mol. The first-order chi connectivity index (χ1) is 13.4. The van der Waals surface area contributed by atoms with Gasteiger partial charge in [-0.05, 0) is 37.5 Å². The molecule has 1 fully saturated rings. The summed E-state index contributed by atoms with van der Waals surface area (Å²) in [6, 6.07) is 6.45. The highest BCUT2D eigenvalue weighted by Gasteiger charge is 2.32. The fourth-order valence-corrected chi connectivity index (χ4v) is 6.07. The SMILES string of the molecule is CCOC(=O)c1c(-c2ccc(S(=O)(=O)N3CCCC3)cc2)cn2c1SCC2=O. The number of aromatic nitrogens is 1. The third-order valence-corrected chi connectivity index (χ3v) is 7.89. The Balaban J connectivity index is 1.73. The fourth-order valence-electron chi connectivity index (χ4n) is 3.52. The lowest BCUT2D eigenvalue weighted by molar-refractivity contribution is 0.0523. The summed E-state index contributed by atoms with van der Waals surface area (Å²) in [5.74, 6) is -0.290. The summed E-state index contributed by atoms with van der Waals surface area (Å²) in [6.45, 7) is 3.05. The Hall–Kier alpha value is -2.10. The van der Waals surface area contributed by atoms with Crippen LogP contribution in [0.15, 0.2) is 40.4 Å². The molecule has 2 aliphatic heterocycles. The third-order valence-electron chi connectivity index (χ3n) is 4.91. The van der Waals surface area contributed by atoms with E-state index in [2.05, 4.69) is 0 Å². The topological polar surface area (TPSA) is 85.7 Å². The number of carbonyl (C=O) groups excluding carboxylic acids is 2. The van der Waals surface area contributed by atoms with Crippen LogP contribution >= 0.6 is 11.8 Å². The van der Waals surface area contributed by atoms with Gasteiger partial charge in [-0.3, -0.25) is 9.36 Å². The minimum atomic E-state index is -3.50. The van der Waals surface area contributed by atoms with Gasteiger partial charge in [0.2, 0.25) is 15.9 Å². The van der Waals surface area contributed by atoms with Gasteiger partial charge >= 0.3 is 5.97 Å². The van der Waals surface area contributed by atoms with Crippen molar-refractivity contribution in [2.24, 2.45) is 0 Å². The predicted molar refractivity (Wildman–Crippen MR) is 105 cm³/mol. The minimum absolute atomic E-state index is 0.0926. The molecule has 1 aromatic carbocycles. The molecule has 9 heteroatoms. The first-order valence-corrected chi connectivity index (χ1v) is 11.5. The number of ether oxygens (including phenoxy) is 1. The van der Waals surface area contributed by atoms with Gasteiger partial charge in [-0.1, -0.05) is 23.9 Å². The maximum absolute atomic E-state index is 12.7. The summed E-state index contributed by atoms with van der Waals surface area (Å²) in [5, 5.41) is 0.576. The molecule has 7 nitrogen and oxygen atoms in total. The highest BCUT2D eigenvalue weighted by molar-refractivity contribution is 8.00. The summed E-state index contributed by atoms with van der Waals surface area (Å²) in [6.07, 6.45) is 3.39. The number of hydrogen-bond acceptors (Lipinski definition) is 6. The number of benzene rings is 1. The van der Waals surface area contributed by atoms with E-state index in [0.29, 0.717) is 34.8 Å². The van der Waals surface area contributed by atoms with E-state index in [9.17, 15) is 18.0 Å². The maximum atomic E-state index is 12.7. The number of nitrogens with zero attached hydrogens (tertiary/aromatic N) is 2. The standard InChI is InChI=1S/C19H20N2O5S2/c1-2-26-19(23)17-15(11-21-16(22)12-27-18(17)21)13-5-7-14(8-6-13)28(24,25)20-9-3-4-10-20/h5-8,11H,2-4,9-10,12H2,1H3. The van der Waals surface area contributed by atoms with E-state index in [1.807, 2.05) is 0 Å². The number of esters is 1. The van der Waals surface area contributed by atoms with Gasteiger partial charge in [0.15, 0.2) is 0 Å². The van der Waals surface area contributed by atoms with E-state index in [-0.39, 0.29) is 23.2 Å². The zero-order valence-electron chi connectivity index (χ0n) is 15.4. The van der Waals surface area contributed by atoms with Crippen LogP contribution in [0, 0.1) is 0 Å². The second kappa shape index (κ2) is 7.38. The molecular formula is C19H20N2O5S2. The van der Waals surface area contributed by atoms with Crippen molar-refractivity contribution in [2.75, 3.05) is 25.4 Å². The third kappa shape index (κ3) is 3.17. The van der Waals surface area contributed by atoms with Crippen molar-refractivity contribution < 1.29 is 22.7 Å². The Morgan fingerprint density at radius 2 is 1.86 bits per heavy atom. The van der Waals surface area contributed by atoms with Gasteiger partial charge in [0.05, 0.1) is 27.8 Å². The van der Waals surface area contributed by atoms with Gasteiger partial charge in [0.25, 0.3) is 0 Å². The molecule has 0 bridgehead atoms. The van der Waals surface area contributed by atoms with Crippen LogP contribution in [0.25, 0.3) is 11.1 Å². The molecule has 0 unspecified atom stereocenters. The van der Waals surface area contributed by atoms with Crippen molar-refractivity contribution in [2.45, 2.75) is 29.7 Å².